The van der Waals surface area contributed by atoms with E-state index in [9.17, 15) is 0 Å². The molecule has 0 radical (unpaired) electrons. The van der Waals surface area contributed by atoms with E-state index in [1.807, 2.05) is 6.26 Å². The van der Waals surface area contributed by atoms with E-state index in [0.717, 1.165) is 46.4 Å². The largest absolute Gasteiger partial charge is 0.464 e. The molecule has 0 aliphatic carbocycles. The quantitative estimate of drug-likeness (QED) is 0.241. The Bertz CT molecular complexity index is 1460. The number of rotatable bonds is 7. The molecular weight excluding hydrogens is 428 g/mol. The number of aromatic nitrogens is 2. The van der Waals surface area contributed by atoms with Crippen LogP contribution in [0.15, 0.2) is 71.3 Å². The van der Waals surface area contributed by atoms with E-state index < -0.39 is 0 Å². The van der Waals surface area contributed by atoms with Gasteiger partial charge in [-0.25, -0.2) is 4.98 Å². The molecule has 5 rings (SSSR count). The third kappa shape index (κ3) is 4.40. The van der Waals surface area contributed by atoms with E-state index in [1.54, 1.807) is 0 Å². The maximum absolute atomic E-state index is 6.04. The summed E-state index contributed by atoms with van der Waals surface area (Å²) in [7, 11) is 0. The van der Waals surface area contributed by atoms with E-state index in [-0.39, 0.29) is 0 Å². The van der Waals surface area contributed by atoms with Crippen molar-refractivity contribution in [2.75, 3.05) is 0 Å². The minimum absolute atomic E-state index is 0.454. The average Bonchev–Trinajstić information content (AvgIpc) is 3.39. The smallest absolute Gasteiger partial charge is 0.145 e. The van der Waals surface area contributed by atoms with Gasteiger partial charge in [0.25, 0.3) is 0 Å². The van der Waals surface area contributed by atoms with Gasteiger partial charge in [-0.05, 0) is 70.7 Å². The first-order chi connectivity index (χ1) is 16.8. The summed E-state index contributed by atoms with van der Waals surface area (Å²) in [5, 5.41) is 1.14. The first-order valence-electron chi connectivity index (χ1n) is 12.9. The minimum atomic E-state index is 0.454. The Morgan fingerprint density at radius 2 is 1.54 bits per heavy atom. The van der Waals surface area contributed by atoms with Crippen molar-refractivity contribution in [3.05, 3.63) is 89.2 Å². The van der Waals surface area contributed by atoms with Gasteiger partial charge in [-0.15, -0.1) is 0 Å². The highest BCUT2D eigenvalue weighted by Crippen LogP contribution is 2.36. The number of benzene rings is 3. The molecule has 0 amide bonds. The summed E-state index contributed by atoms with van der Waals surface area (Å²) in [4.78, 5) is 5.14. The second-order valence-electron chi connectivity index (χ2n) is 10.8. The molecule has 0 unspecified atom stereocenters. The molecule has 0 fully saturated rings. The molecule has 0 spiro atoms. The highest BCUT2D eigenvalue weighted by molar-refractivity contribution is 5.95. The standard InChI is InChI=1S/C32H36N2O/c1-20(2)16-23-14-15-31-26(17-23)28(19-35-31)32-33-29-12-7-8-13-30(29)34(32)18-27-24(21(3)4)10-9-11-25(27)22(5)6/h7-15,17,19-22H,16,18H2,1-6H3. The van der Waals surface area contributed by atoms with Crippen LogP contribution >= 0.6 is 0 Å². The molecule has 0 aliphatic rings. The third-order valence-electron chi connectivity index (χ3n) is 6.99. The molecule has 0 aliphatic heterocycles. The number of para-hydroxylation sites is 2. The summed E-state index contributed by atoms with van der Waals surface area (Å²) in [6.45, 7) is 14.5. The second kappa shape index (κ2) is 9.37. The van der Waals surface area contributed by atoms with Gasteiger partial charge >= 0.3 is 0 Å². The Hall–Kier alpha value is -3.33. The third-order valence-corrected chi connectivity index (χ3v) is 6.99. The van der Waals surface area contributed by atoms with Gasteiger partial charge in [0.05, 0.1) is 23.1 Å². The van der Waals surface area contributed by atoms with Crippen LogP contribution in [-0.4, -0.2) is 9.55 Å². The zero-order valence-corrected chi connectivity index (χ0v) is 21.8. The lowest BCUT2D eigenvalue weighted by Gasteiger charge is -2.21. The number of hydrogen-bond donors (Lipinski definition) is 0. The van der Waals surface area contributed by atoms with Crippen molar-refractivity contribution in [1.29, 1.82) is 0 Å². The van der Waals surface area contributed by atoms with E-state index in [1.165, 1.54) is 22.3 Å². The summed E-state index contributed by atoms with van der Waals surface area (Å²) >= 11 is 0. The van der Waals surface area contributed by atoms with Gasteiger partial charge in [-0.2, -0.15) is 0 Å². The van der Waals surface area contributed by atoms with Crippen molar-refractivity contribution >= 4 is 22.0 Å². The minimum Gasteiger partial charge on any atom is -0.464 e. The molecule has 2 aromatic heterocycles. The number of imidazole rings is 1. The number of nitrogens with zero attached hydrogens (tertiary/aromatic N) is 2. The zero-order chi connectivity index (χ0) is 24.7. The van der Waals surface area contributed by atoms with Crippen LogP contribution < -0.4 is 0 Å². The predicted molar refractivity (Wildman–Crippen MR) is 147 cm³/mol. The maximum atomic E-state index is 6.04. The van der Waals surface area contributed by atoms with Crippen LogP contribution in [0.3, 0.4) is 0 Å². The SMILES string of the molecule is CC(C)Cc1ccc2occ(-c3nc4ccccc4n3Cc3c(C(C)C)cccc3C(C)C)c2c1. The molecule has 5 aromatic rings. The predicted octanol–water partition coefficient (Wildman–Crippen LogP) is 8.94. The van der Waals surface area contributed by atoms with Gasteiger partial charge in [0, 0.05) is 5.39 Å². The van der Waals surface area contributed by atoms with Crippen LogP contribution in [0.25, 0.3) is 33.4 Å². The molecule has 3 heteroatoms. The van der Waals surface area contributed by atoms with Crippen molar-refractivity contribution in [3.8, 4) is 11.4 Å². The monoisotopic (exact) mass is 464 g/mol. The molecule has 2 heterocycles. The normalized spacial score (nSPS) is 12.1. The van der Waals surface area contributed by atoms with Crippen LogP contribution in [-0.2, 0) is 13.0 Å². The van der Waals surface area contributed by atoms with Gasteiger partial charge in [0.15, 0.2) is 0 Å². The van der Waals surface area contributed by atoms with Crippen molar-refractivity contribution in [2.45, 2.75) is 66.3 Å². The van der Waals surface area contributed by atoms with Crippen molar-refractivity contribution in [3.63, 3.8) is 0 Å². The van der Waals surface area contributed by atoms with E-state index >= 15 is 0 Å². The summed E-state index contributed by atoms with van der Waals surface area (Å²) in [5.74, 6) is 2.49. The second-order valence-corrected chi connectivity index (χ2v) is 10.8. The molecule has 0 saturated heterocycles. The van der Waals surface area contributed by atoms with E-state index in [4.69, 9.17) is 9.40 Å². The molecular formula is C32H36N2O. The van der Waals surface area contributed by atoms with E-state index in [2.05, 4.69) is 107 Å². The molecule has 0 atom stereocenters. The summed E-state index contributed by atoms with van der Waals surface area (Å²) in [5.41, 5.74) is 9.73. The summed E-state index contributed by atoms with van der Waals surface area (Å²) < 4.78 is 8.43. The molecule has 0 saturated carbocycles. The lowest BCUT2D eigenvalue weighted by Crippen LogP contribution is -2.10. The fourth-order valence-corrected chi connectivity index (χ4v) is 5.33. The first kappa shape index (κ1) is 23.4. The van der Waals surface area contributed by atoms with Gasteiger partial charge < -0.3 is 8.98 Å². The van der Waals surface area contributed by atoms with Crippen LogP contribution in [0.4, 0.5) is 0 Å². The number of fused-ring (bicyclic) bond motifs is 2. The van der Waals surface area contributed by atoms with Crippen molar-refractivity contribution < 1.29 is 4.42 Å². The van der Waals surface area contributed by atoms with Gasteiger partial charge in [-0.1, -0.05) is 77.9 Å². The average molecular weight is 465 g/mol. The van der Waals surface area contributed by atoms with Crippen LogP contribution in [0.5, 0.6) is 0 Å². The lowest BCUT2D eigenvalue weighted by molar-refractivity contribution is 0.615. The zero-order valence-electron chi connectivity index (χ0n) is 21.8. The Morgan fingerprint density at radius 1 is 0.829 bits per heavy atom. The highest BCUT2D eigenvalue weighted by atomic mass is 16.3. The molecule has 180 valence electrons. The van der Waals surface area contributed by atoms with Gasteiger partial charge in [0.1, 0.15) is 17.7 Å². The topological polar surface area (TPSA) is 31.0 Å². The Morgan fingerprint density at radius 3 is 2.23 bits per heavy atom. The van der Waals surface area contributed by atoms with Crippen molar-refractivity contribution in [1.82, 2.24) is 9.55 Å². The number of hydrogen-bond acceptors (Lipinski definition) is 2. The summed E-state index contributed by atoms with van der Waals surface area (Å²) in [6, 6.07) is 21.8. The Balaban J connectivity index is 1.73. The lowest BCUT2D eigenvalue weighted by atomic mass is 9.88. The molecule has 3 nitrogen and oxygen atoms in total. The highest BCUT2D eigenvalue weighted by Gasteiger charge is 2.21. The molecule has 35 heavy (non-hydrogen) atoms. The Kier molecular flexibility index (Phi) is 6.27. The van der Waals surface area contributed by atoms with E-state index in [0.29, 0.717) is 17.8 Å². The van der Waals surface area contributed by atoms with Gasteiger partial charge in [0.2, 0.25) is 0 Å². The van der Waals surface area contributed by atoms with Crippen LogP contribution in [0.1, 0.15) is 75.6 Å². The molecule has 3 aromatic carbocycles. The van der Waals surface area contributed by atoms with Crippen LogP contribution in [0, 0.1) is 5.92 Å². The number of furan rings is 1. The van der Waals surface area contributed by atoms with Crippen LogP contribution in [0.2, 0.25) is 0 Å². The first-order valence-corrected chi connectivity index (χ1v) is 12.9. The molecule has 0 bridgehead atoms. The Labute approximate surface area is 208 Å². The fourth-order valence-electron chi connectivity index (χ4n) is 5.33. The van der Waals surface area contributed by atoms with Gasteiger partial charge in [-0.3, -0.25) is 0 Å². The maximum Gasteiger partial charge on any atom is 0.145 e. The molecule has 0 N–H and O–H groups in total. The van der Waals surface area contributed by atoms with Crippen molar-refractivity contribution in [2.24, 2.45) is 5.92 Å². The fraction of sp³-hybridized carbons (Fsp3) is 0.344. The summed E-state index contributed by atoms with van der Waals surface area (Å²) in [6.07, 6.45) is 2.94.